The van der Waals surface area contributed by atoms with Crippen molar-refractivity contribution in [2.45, 2.75) is 26.4 Å². The highest BCUT2D eigenvalue weighted by Crippen LogP contribution is 2.41. The molecule has 0 saturated carbocycles. The Balaban J connectivity index is 1.90. The summed E-state index contributed by atoms with van der Waals surface area (Å²) in [5.74, 6) is -1.09. The topological polar surface area (TPSA) is 91.0 Å². The molecule has 1 amide bonds. The SMILES string of the molecule is Cc1ccc(C)c(C(O)=C2C(=O)C(=O)N(Cc3ccco3)C2c2ccc(O)cc2)c1. The lowest BCUT2D eigenvalue weighted by molar-refractivity contribution is -0.140. The zero-order chi connectivity index (χ0) is 21.4. The monoisotopic (exact) mass is 403 g/mol. The number of carbonyl (C=O) groups is 2. The van der Waals surface area contributed by atoms with Crippen LogP contribution in [0, 0.1) is 13.8 Å². The average Bonchev–Trinajstić information content (AvgIpc) is 3.32. The number of ketones is 1. The van der Waals surface area contributed by atoms with Gasteiger partial charge in [-0.1, -0.05) is 29.8 Å². The Morgan fingerprint density at radius 1 is 1.07 bits per heavy atom. The number of rotatable bonds is 4. The molecule has 2 N–H and O–H groups in total. The third kappa shape index (κ3) is 3.37. The van der Waals surface area contributed by atoms with E-state index in [9.17, 15) is 19.8 Å². The number of benzene rings is 2. The summed E-state index contributed by atoms with van der Waals surface area (Å²) in [4.78, 5) is 27.3. The van der Waals surface area contributed by atoms with Crippen LogP contribution in [0.15, 0.2) is 70.9 Å². The van der Waals surface area contributed by atoms with Crippen molar-refractivity contribution in [2.24, 2.45) is 0 Å². The molecule has 1 aliphatic heterocycles. The Morgan fingerprint density at radius 3 is 2.47 bits per heavy atom. The summed E-state index contributed by atoms with van der Waals surface area (Å²) in [5, 5.41) is 20.8. The summed E-state index contributed by atoms with van der Waals surface area (Å²) in [7, 11) is 0. The minimum absolute atomic E-state index is 0.0194. The van der Waals surface area contributed by atoms with Gasteiger partial charge >= 0.3 is 0 Å². The van der Waals surface area contributed by atoms with E-state index in [0.717, 1.165) is 11.1 Å². The van der Waals surface area contributed by atoms with Crippen LogP contribution in [0.2, 0.25) is 0 Å². The Hall–Kier alpha value is -3.80. The highest BCUT2D eigenvalue weighted by molar-refractivity contribution is 6.46. The van der Waals surface area contributed by atoms with E-state index in [0.29, 0.717) is 16.9 Å². The van der Waals surface area contributed by atoms with E-state index >= 15 is 0 Å². The van der Waals surface area contributed by atoms with Crippen molar-refractivity contribution in [3.05, 3.63) is 94.4 Å². The second-order valence-electron chi connectivity index (χ2n) is 7.42. The number of phenols is 1. The first-order chi connectivity index (χ1) is 14.4. The summed E-state index contributed by atoms with van der Waals surface area (Å²) >= 11 is 0. The van der Waals surface area contributed by atoms with Crippen LogP contribution < -0.4 is 0 Å². The number of phenolic OH excluding ortho intramolecular Hbond substituents is 1. The van der Waals surface area contributed by atoms with Gasteiger partial charge < -0.3 is 19.5 Å². The maximum Gasteiger partial charge on any atom is 0.296 e. The van der Waals surface area contributed by atoms with Gasteiger partial charge in [-0.15, -0.1) is 0 Å². The van der Waals surface area contributed by atoms with Crippen LogP contribution >= 0.6 is 0 Å². The smallest absolute Gasteiger partial charge is 0.296 e. The lowest BCUT2D eigenvalue weighted by Crippen LogP contribution is -2.29. The Kier molecular flexibility index (Phi) is 4.91. The normalized spacial score (nSPS) is 18.2. The molecular formula is C24H21NO5. The zero-order valence-electron chi connectivity index (χ0n) is 16.6. The van der Waals surface area contributed by atoms with Gasteiger partial charge in [0.1, 0.15) is 17.3 Å². The first-order valence-corrected chi connectivity index (χ1v) is 9.54. The number of aliphatic hydroxyl groups excluding tert-OH is 1. The molecule has 0 bridgehead atoms. The Morgan fingerprint density at radius 2 is 1.80 bits per heavy atom. The molecule has 152 valence electrons. The van der Waals surface area contributed by atoms with Gasteiger partial charge in [0, 0.05) is 5.56 Å². The van der Waals surface area contributed by atoms with Crippen molar-refractivity contribution in [3.63, 3.8) is 0 Å². The minimum atomic E-state index is -0.810. The predicted molar refractivity (Wildman–Crippen MR) is 111 cm³/mol. The molecule has 0 spiro atoms. The number of hydrogen-bond acceptors (Lipinski definition) is 5. The standard InChI is InChI=1S/C24H21NO5/c1-14-5-6-15(2)19(12-14)22(27)20-21(16-7-9-17(26)10-8-16)25(24(29)23(20)28)13-18-4-3-11-30-18/h3-12,21,26-27H,13H2,1-2H3. The van der Waals surface area contributed by atoms with E-state index < -0.39 is 17.7 Å². The van der Waals surface area contributed by atoms with Gasteiger partial charge in [0.2, 0.25) is 0 Å². The fourth-order valence-electron chi connectivity index (χ4n) is 3.75. The van der Waals surface area contributed by atoms with Gasteiger partial charge in [0.25, 0.3) is 11.7 Å². The van der Waals surface area contributed by atoms with Gasteiger partial charge in [-0.3, -0.25) is 9.59 Å². The molecule has 1 atom stereocenters. The Bertz CT molecular complexity index is 1140. The number of amides is 1. The fourth-order valence-corrected chi connectivity index (χ4v) is 3.75. The lowest BCUT2D eigenvalue weighted by atomic mass is 9.93. The molecule has 30 heavy (non-hydrogen) atoms. The molecule has 6 nitrogen and oxygen atoms in total. The fraction of sp³-hybridized carbons (Fsp3) is 0.167. The van der Waals surface area contributed by atoms with Crippen LogP contribution in [0.4, 0.5) is 0 Å². The zero-order valence-corrected chi connectivity index (χ0v) is 16.6. The molecule has 1 saturated heterocycles. The number of carbonyl (C=O) groups excluding carboxylic acids is 2. The second-order valence-corrected chi connectivity index (χ2v) is 7.42. The van der Waals surface area contributed by atoms with Crippen LogP contribution in [0.25, 0.3) is 5.76 Å². The predicted octanol–water partition coefficient (Wildman–Crippen LogP) is 4.22. The maximum absolute atomic E-state index is 13.0. The first-order valence-electron chi connectivity index (χ1n) is 9.54. The molecule has 0 aliphatic carbocycles. The lowest BCUT2D eigenvalue weighted by Gasteiger charge is -2.24. The Labute approximate surface area is 173 Å². The van der Waals surface area contributed by atoms with E-state index in [-0.39, 0.29) is 23.6 Å². The van der Waals surface area contributed by atoms with Crippen molar-refractivity contribution < 1.29 is 24.2 Å². The number of aryl methyl sites for hydroxylation is 2. The number of Topliss-reactive ketones (excluding diaryl/α,β-unsaturated/α-hetero) is 1. The molecular weight excluding hydrogens is 382 g/mol. The third-order valence-corrected chi connectivity index (χ3v) is 5.30. The molecule has 2 heterocycles. The number of likely N-dealkylation sites (tertiary alicyclic amines) is 1. The van der Waals surface area contributed by atoms with Gasteiger partial charge in [-0.05, 0) is 55.3 Å². The summed E-state index contributed by atoms with van der Waals surface area (Å²) in [6.45, 7) is 3.80. The molecule has 1 fully saturated rings. The van der Waals surface area contributed by atoms with Crippen molar-refractivity contribution in [2.75, 3.05) is 0 Å². The molecule has 1 unspecified atom stereocenters. The average molecular weight is 403 g/mol. The molecule has 6 heteroatoms. The molecule has 0 radical (unpaired) electrons. The van der Waals surface area contributed by atoms with Crippen LogP contribution in [0.1, 0.15) is 34.1 Å². The molecule has 4 rings (SSSR count). The van der Waals surface area contributed by atoms with E-state index in [1.807, 2.05) is 26.0 Å². The summed E-state index contributed by atoms with van der Waals surface area (Å²) in [6, 6.07) is 14.4. The van der Waals surface area contributed by atoms with Crippen LogP contribution in [-0.4, -0.2) is 26.8 Å². The van der Waals surface area contributed by atoms with Crippen molar-refractivity contribution in [1.82, 2.24) is 4.90 Å². The van der Waals surface area contributed by atoms with Crippen LogP contribution in [-0.2, 0) is 16.1 Å². The van der Waals surface area contributed by atoms with E-state index in [4.69, 9.17) is 4.42 Å². The number of aliphatic hydroxyl groups is 1. The highest BCUT2D eigenvalue weighted by Gasteiger charge is 2.46. The van der Waals surface area contributed by atoms with Gasteiger partial charge in [0.15, 0.2) is 0 Å². The third-order valence-electron chi connectivity index (χ3n) is 5.30. The summed E-state index contributed by atoms with van der Waals surface area (Å²) in [5.41, 5.74) is 2.85. The van der Waals surface area contributed by atoms with Crippen molar-refractivity contribution in [1.29, 1.82) is 0 Å². The number of aromatic hydroxyl groups is 1. The van der Waals surface area contributed by atoms with E-state index in [2.05, 4.69) is 0 Å². The summed E-state index contributed by atoms with van der Waals surface area (Å²) < 4.78 is 5.37. The highest BCUT2D eigenvalue weighted by atomic mass is 16.3. The van der Waals surface area contributed by atoms with Crippen LogP contribution in [0.5, 0.6) is 5.75 Å². The quantitative estimate of drug-likeness (QED) is 0.387. The number of furan rings is 1. The largest absolute Gasteiger partial charge is 0.508 e. The van der Waals surface area contributed by atoms with E-state index in [1.54, 1.807) is 30.3 Å². The molecule has 2 aromatic carbocycles. The van der Waals surface area contributed by atoms with Crippen LogP contribution in [0.3, 0.4) is 0 Å². The number of hydrogen-bond donors (Lipinski definition) is 2. The van der Waals surface area contributed by atoms with Gasteiger partial charge in [0.05, 0.1) is 24.4 Å². The molecule has 1 aromatic heterocycles. The first kappa shape index (κ1) is 19.5. The maximum atomic E-state index is 13.0. The second kappa shape index (κ2) is 7.55. The minimum Gasteiger partial charge on any atom is -0.508 e. The molecule has 1 aliphatic rings. The number of nitrogens with zero attached hydrogens (tertiary/aromatic N) is 1. The van der Waals surface area contributed by atoms with Gasteiger partial charge in [-0.2, -0.15) is 0 Å². The summed E-state index contributed by atoms with van der Waals surface area (Å²) in [6.07, 6.45) is 1.50. The van der Waals surface area contributed by atoms with Crippen molar-refractivity contribution in [3.8, 4) is 5.75 Å². The van der Waals surface area contributed by atoms with Crippen molar-refractivity contribution >= 4 is 17.4 Å². The van der Waals surface area contributed by atoms with E-state index in [1.165, 1.54) is 23.3 Å². The van der Waals surface area contributed by atoms with Gasteiger partial charge in [-0.25, -0.2) is 0 Å². The molecule has 3 aromatic rings.